The van der Waals surface area contributed by atoms with Crippen molar-refractivity contribution in [1.29, 1.82) is 0 Å². The number of hydrogen-bond acceptors (Lipinski definition) is 4. The van der Waals surface area contributed by atoms with E-state index in [0.29, 0.717) is 19.3 Å². The highest BCUT2D eigenvalue weighted by atomic mass is 16.6. The highest BCUT2D eigenvalue weighted by Crippen LogP contribution is 2.43. The fourth-order valence-corrected chi connectivity index (χ4v) is 3.48. The Balaban J connectivity index is 1.44. The van der Waals surface area contributed by atoms with Gasteiger partial charge >= 0.3 is 0 Å². The smallest absolute Gasteiger partial charge is 0.161 e. The van der Waals surface area contributed by atoms with Gasteiger partial charge in [0.15, 0.2) is 11.5 Å². The molecule has 0 unspecified atom stereocenters. The molecule has 1 aromatic rings. The highest BCUT2D eigenvalue weighted by molar-refractivity contribution is 5.45. The molecule has 4 heteroatoms. The van der Waals surface area contributed by atoms with Crippen LogP contribution < -0.4 is 14.8 Å². The Labute approximate surface area is 132 Å². The maximum absolute atomic E-state index is 5.74. The van der Waals surface area contributed by atoms with Gasteiger partial charge in [-0.25, -0.2) is 0 Å². The summed E-state index contributed by atoms with van der Waals surface area (Å²) in [6.07, 6.45) is 5.04. The summed E-state index contributed by atoms with van der Waals surface area (Å²) < 4.78 is 16.8. The molecule has 4 rings (SSSR count). The molecule has 0 radical (unpaired) electrons. The number of ether oxygens (including phenoxy) is 3. The van der Waals surface area contributed by atoms with E-state index in [0.717, 1.165) is 43.1 Å². The van der Waals surface area contributed by atoms with Gasteiger partial charge in [-0.3, -0.25) is 0 Å². The Hall–Kier alpha value is -1.26. The topological polar surface area (TPSA) is 39.7 Å². The Kier molecular flexibility index (Phi) is 4.22. The first-order valence-corrected chi connectivity index (χ1v) is 8.61. The van der Waals surface area contributed by atoms with Crippen LogP contribution in [-0.2, 0) is 4.74 Å². The van der Waals surface area contributed by atoms with E-state index in [1.165, 1.54) is 31.2 Å². The van der Waals surface area contributed by atoms with Crippen LogP contribution in [0, 0.1) is 11.8 Å². The third kappa shape index (κ3) is 3.23. The van der Waals surface area contributed by atoms with Crippen LogP contribution in [0.1, 0.15) is 37.3 Å². The molecule has 4 nitrogen and oxygen atoms in total. The van der Waals surface area contributed by atoms with Gasteiger partial charge in [0.1, 0.15) is 13.2 Å². The number of nitrogens with one attached hydrogen (secondary N) is 1. The van der Waals surface area contributed by atoms with Gasteiger partial charge in [0.25, 0.3) is 0 Å². The van der Waals surface area contributed by atoms with E-state index in [1.54, 1.807) is 0 Å². The molecule has 1 atom stereocenters. The minimum atomic E-state index is 0.457. The van der Waals surface area contributed by atoms with Crippen molar-refractivity contribution < 1.29 is 14.2 Å². The van der Waals surface area contributed by atoms with Crippen molar-refractivity contribution in [2.75, 3.05) is 33.0 Å². The minimum absolute atomic E-state index is 0.457. The fraction of sp³-hybridized carbons (Fsp3) is 0.667. The van der Waals surface area contributed by atoms with Gasteiger partial charge < -0.3 is 19.5 Å². The van der Waals surface area contributed by atoms with E-state index in [1.807, 2.05) is 0 Å². The zero-order chi connectivity index (χ0) is 14.8. The summed E-state index contributed by atoms with van der Waals surface area (Å²) >= 11 is 0. The van der Waals surface area contributed by atoms with Crippen molar-refractivity contribution >= 4 is 0 Å². The van der Waals surface area contributed by atoms with Gasteiger partial charge in [0.2, 0.25) is 0 Å². The Morgan fingerprint density at radius 2 is 1.73 bits per heavy atom. The second-order valence-corrected chi connectivity index (χ2v) is 6.68. The molecule has 1 aliphatic carbocycles. The first-order valence-electron chi connectivity index (χ1n) is 8.61. The summed E-state index contributed by atoms with van der Waals surface area (Å²) in [5.74, 6) is 3.32. The molecular formula is C18H25NO3. The third-order valence-electron chi connectivity index (χ3n) is 4.99. The molecule has 1 aromatic carbocycles. The van der Waals surface area contributed by atoms with E-state index in [4.69, 9.17) is 14.2 Å². The summed E-state index contributed by atoms with van der Waals surface area (Å²) in [6.45, 7) is 4.24. The van der Waals surface area contributed by atoms with Crippen LogP contribution in [0.2, 0.25) is 0 Å². The SMILES string of the molecule is c1cc2c(cc1[C@H](NCC1CCOCC1)C1CC1)OCCO2. The minimum Gasteiger partial charge on any atom is -0.486 e. The normalized spacial score (nSPS) is 23.3. The Bertz CT molecular complexity index is 509. The lowest BCUT2D eigenvalue weighted by atomic mass is 9.97. The predicted octanol–water partition coefficient (Wildman–Crippen LogP) is 2.93. The molecule has 2 heterocycles. The van der Waals surface area contributed by atoms with Crippen LogP contribution in [0.15, 0.2) is 18.2 Å². The van der Waals surface area contributed by atoms with Crippen LogP contribution in [0.5, 0.6) is 11.5 Å². The molecule has 0 amide bonds. The van der Waals surface area contributed by atoms with Gasteiger partial charge in [-0.1, -0.05) is 6.07 Å². The predicted molar refractivity (Wildman–Crippen MR) is 84.4 cm³/mol. The summed E-state index contributed by atoms with van der Waals surface area (Å²) in [7, 11) is 0. The maximum atomic E-state index is 5.74. The molecular weight excluding hydrogens is 278 g/mol. The van der Waals surface area contributed by atoms with Crippen molar-refractivity contribution in [3.63, 3.8) is 0 Å². The average molecular weight is 303 g/mol. The van der Waals surface area contributed by atoms with Crippen LogP contribution in [0.4, 0.5) is 0 Å². The monoisotopic (exact) mass is 303 g/mol. The average Bonchev–Trinajstić information content (AvgIpc) is 3.41. The molecule has 22 heavy (non-hydrogen) atoms. The standard InChI is InChI=1S/C18H25NO3/c1-2-14(1)18(19-12-13-5-7-20-8-6-13)15-3-4-16-17(11-15)22-10-9-21-16/h3-4,11,13-14,18-19H,1-2,5-10,12H2/t18-/m1/s1. The van der Waals surface area contributed by atoms with Gasteiger partial charge in [0.05, 0.1) is 0 Å². The van der Waals surface area contributed by atoms with E-state index in [2.05, 4.69) is 23.5 Å². The fourth-order valence-electron chi connectivity index (χ4n) is 3.48. The highest BCUT2D eigenvalue weighted by Gasteiger charge is 2.33. The first kappa shape index (κ1) is 14.3. The zero-order valence-corrected chi connectivity index (χ0v) is 13.1. The molecule has 2 fully saturated rings. The first-order chi connectivity index (χ1) is 10.9. The molecule has 2 aliphatic heterocycles. The van der Waals surface area contributed by atoms with E-state index < -0.39 is 0 Å². The number of hydrogen-bond donors (Lipinski definition) is 1. The second-order valence-electron chi connectivity index (χ2n) is 6.68. The molecule has 1 saturated heterocycles. The van der Waals surface area contributed by atoms with Gasteiger partial charge in [-0.15, -0.1) is 0 Å². The van der Waals surface area contributed by atoms with Crippen LogP contribution in [0.3, 0.4) is 0 Å². The van der Waals surface area contributed by atoms with Crippen LogP contribution in [0.25, 0.3) is 0 Å². The van der Waals surface area contributed by atoms with Crippen molar-refractivity contribution in [1.82, 2.24) is 5.32 Å². The van der Waals surface area contributed by atoms with Crippen molar-refractivity contribution in [2.24, 2.45) is 11.8 Å². The second kappa shape index (κ2) is 6.47. The lowest BCUT2D eigenvalue weighted by Crippen LogP contribution is -2.31. The molecule has 3 aliphatic rings. The quantitative estimate of drug-likeness (QED) is 0.908. The van der Waals surface area contributed by atoms with Crippen LogP contribution in [-0.4, -0.2) is 33.0 Å². The van der Waals surface area contributed by atoms with Crippen molar-refractivity contribution in [2.45, 2.75) is 31.7 Å². The molecule has 0 bridgehead atoms. The number of fused-ring (bicyclic) bond motifs is 1. The molecule has 120 valence electrons. The van der Waals surface area contributed by atoms with Crippen LogP contribution >= 0.6 is 0 Å². The molecule has 1 N–H and O–H groups in total. The third-order valence-corrected chi connectivity index (χ3v) is 4.99. The summed E-state index contributed by atoms with van der Waals surface area (Å²) in [4.78, 5) is 0. The van der Waals surface area contributed by atoms with E-state index >= 15 is 0 Å². The molecule has 0 spiro atoms. The number of benzene rings is 1. The van der Waals surface area contributed by atoms with Crippen molar-refractivity contribution in [3.8, 4) is 11.5 Å². The number of rotatable bonds is 5. The lowest BCUT2D eigenvalue weighted by molar-refractivity contribution is 0.0652. The van der Waals surface area contributed by atoms with Gasteiger partial charge in [-0.05, 0) is 61.8 Å². The van der Waals surface area contributed by atoms with E-state index in [9.17, 15) is 0 Å². The Morgan fingerprint density at radius 1 is 0.955 bits per heavy atom. The summed E-state index contributed by atoms with van der Waals surface area (Å²) in [6, 6.07) is 6.90. The maximum Gasteiger partial charge on any atom is 0.161 e. The molecule has 1 saturated carbocycles. The summed E-state index contributed by atoms with van der Waals surface area (Å²) in [5.41, 5.74) is 1.35. The van der Waals surface area contributed by atoms with Crippen molar-refractivity contribution in [3.05, 3.63) is 23.8 Å². The summed E-state index contributed by atoms with van der Waals surface area (Å²) in [5, 5.41) is 3.82. The zero-order valence-electron chi connectivity index (χ0n) is 13.1. The largest absolute Gasteiger partial charge is 0.486 e. The van der Waals surface area contributed by atoms with E-state index in [-0.39, 0.29) is 0 Å². The van der Waals surface area contributed by atoms with Gasteiger partial charge in [0, 0.05) is 19.3 Å². The van der Waals surface area contributed by atoms with Gasteiger partial charge in [-0.2, -0.15) is 0 Å². The molecule has 0 aromatic heterocycles. The lowest BCUT2D eigenvalue weighted by Gasteiger charge is -2.27. The Morgan fingerprint density at radius 3 is 2.50 bits per heavy atom.